The first-order valence-corrected chi connectivity index (χ1v) is 4.50. The van der Waals surface area contributed by atoms with Gasteiger partial charge in [0.25, 0.3) is 0 Å². The predicted octanol–water partition coefficient (Wildman–Crippen LogP) is 1.31. The Morgan fingerprint density at radius 3 is 0.500 bits per heavy atom. The van der Waals surface area contributed by atoms with Crippen LogP contribution in [0.15, 0.2) is 0 Å². The molecule has 0 aliphatic rings. The van der Waals surface area contributed by atoms with Gasteiger partial charge in [0.2, 0.25) is 0 Å². The van der Waals surface area contributed by atoms with E-state index in [9.17, 15) is 0 Å². The summed E-state index contributed by atoms with van der Waals surface area (Å²) in [5, 5.41) is 0. The van der Waals surface area contributed by atoms with Gasteiger partial charge in [0.1, 0.15) is 0 Å². The summed E-state index contributed by atoms with van der Waals surface area (Å²) >= 11 is 0. The van der Waals surface area contributed by atoms with Crippen LogP contribution in [-0.2, 0) is 0 Å². The molecule has 0 fully saturated rings. The van der Waals surface area contributed by atoms with Gasteiger partial charge in [0, 0.05) is 0 Å². The summed E-state index contributed by atoms with van der Waals surface area (Å²) in [7, 11) is 0. The van der Waals surface area contributed by atoms with Crippen LogP contribution in [0.4, 0.5) is 0 Å². The Bertz CT molecular complexity index is 576. The van der Waals surface area contributed by atoms with E-state index in [1.165, 1.54) is 0 Å². The van der Waals surface area contributed by atoms with Crippen LogP contribution < -0.4 is 0 Å². The number of hydrogen-bond acceptors (Lipinski definition) is 0. The largest absolute Gasteiger partial charge is 0.369 e. The molecule has 0 heterocycles. The highest BCUT2D eigenvalue weighted by Gasteiger charge is 1.84. The highest BCUT2D eigenvalue weighted by molar-refractivity contribution is 5.74. The molecule has 0 bridgehead atoms. The number of hydrogen-bond donors (Lipinski definition) is 0. The molecule has 1 aromatic carbocycles. The molecular weight excluding hydrogens is 216 g/mol. The molecule has 0 radical (unpaired) electrons. The summed E-state index contributed by atoms with van der Waals surface area (Å²) < 4.78 is 0. The minimum atomic E-state index is -0.0106. The van der Waals surface area contributed by atoms with Crippen molar-refractivity contribution in [1.29, 1.82) is 0 Å². The molecule has 0 heteroatoms. The second-order valence-electron chi connectivity index (χ2n) is 3.00. The Kier molecular flexibility index (Phi) is 3.57. The van der Waals surface area contributed by atoms with Crippen LogP contribution in [0.5, 0.6) is 0 Å². The molecular formula is C18-6. The fourth-order valence-corrected chi connectivity index (χ4v) is 1.50. The lowest BCUT2D eigenvalue weighted by atomic mass is 9.87. The summed E-state index contributed by atoms with van der Waals surface area (Å²) in [6, 6.07) is 0. The first kappa shape index (κ1) is 12.6. The highest BCUT2D eigenvalue weighted by Crippen LogP contribution is 2.26. The molecule has 0 aromatic heterocycles. The Balaban J connectivity index is 4.21. The van der Waals surface area contributed by atoms with E-state index >= 15 is 0 Å². The molecule has 0 atom stereocenters. The van der Waals surface area contributed by atoms with E-state index < -0.39 is 0 Å². The van der Waals surface area contributed by atoms with E-state index in [1.807, 2.05) is 35.5 Å². The number of benzene rings is 1. The first-order chi connectivity index (χ1) is 8.69. The fourth-order valence-electron chi connectivity index (χ4n) is 1.50. The van der Waals surface area contributed by atoms with Crippen molar-refractivity contribution in [2.24, 2.45) is 0 Å². The van der Waals surface area contributed by atoms with E-state index in [2.05, 4.69) is 0 Å². The van der Waals surface area contributed by atoms with Crippen LogP contribution in [-0.4, -0.2) is 0 Å². The zero-order valence-electron chi connectivity index (χ0n) is 9.00. The summed E-state index contributed by atoms with van der Waals surface area (Å²) in [6.45, 7) is 0. The van der Waals surface area contributed by atoms with Crippen molar-refractivity contribution < 1.29 is 0 Å². The van der Waals surface area contributed by atoms with Crippen molar-refractivity contribution in [3.05, 3.63) is 71.9 Å². The molecule has 0 unspecified atom stereocenters. The van der Waals surface area contributed by atoms with E-state index in [0.29, 0.717) is 0 Å². The standard InChI is InChI=1S/C18/c1-7-13-14(8-2)16(10-4)18(12-6)17(11-5)15(13)9-3/q-6. The molecule has 78 valence electrons. The maximum absolute atomic E-state index is 7.16. The molecule has 0 N–H and O–H groups in total. The van der Waals surface area contributed by atoms with Gasteiger partial charge >= 0.3 is 0 Å². The lowest BCUT2D eigenvalue weighted by Gasteiger charge is -2.44. The summed E-state index contributed by atoms with van der Waals surface area (Å²) in [6.07, 6.45) is 43.0. The van der Waals surface area contributed by atoms with E-state index in [0.717, 1.165) is 0 Å². The molecule has 0 nitrogen and oxygen atoms in total. The van der Waals surface area contributed by atoms with Gasteiger partial charge in [-0.1, -0.05) is 0 Å². The Morgan fingerprint density at radius 2 is 0.444 bits per heavy atom. The zero-order chi connectivity index (χ0) is 13.7. The molecule has 0 aliphatic carbocycles. The van der Waals surface area contributed by atoms with Crippen molar-refractivity contribution in [2.75, 3.05) is 0 Å². The van der Waals surface area contributed by atoms with Crippen LogP contribution in [0.25, 0.3) is 0 Å². The van der Waals surface area contributed by atoms with Gasteiger partial charge in [0.15, 0.2) is 0 Å². The Hall–Kier alpha value is -3.42. The maximum atomic E-state index is 7.16. The van der Waals surface area contributed by atoms with E-state index in [1.54, 1.807) is 0 Å². The van der Waals surface area contributed by atoms with Crippen LogP contribution in [0.1, 0.15) is 33.4 Å². The van der Waals surface area contributed by atoms with Crippen molar-refractivity contribution in [3.8, 4) is 35.5 Å². The van der Waals surface area contributed by atoms with Gasteiger partial charge < -0.3 is 107 Å². The van der Waals surface area contributed by atoms with Gasteiger partial charge in [-0.05, 0) is 0 Å². The molecule has 0 saturated heterocycles. The van der Waals surface area contributed by atoms with Crippen LogP contribution in [0, 0.1) is 74.1 Å². The van der Waals surface area contributed by atoms with Crippen LogP contribution >= 0.6 is 0 Å². The quantitative estimate of drug-likeness (QED) is 0.453. The van der Waals surface area contributed by atoms with Crippen LogP contribution in [0.2, 0.25) is 0 Å². The third-order valence-corrected chi connectivity index (χ3v) is 2.25. The minimum absolute atomic E-state index is 0.0106. The average molecular weight is 216 g/mol. The average Bonchev–Trinajstić information content (AvgIpc) is 2.43. The predicted molar refractivity (Wildman–Crippen MR) is 63.8 cm³/mol. The van der Waals surface area contributed by atoms with Crippen molar-refractivity contribution in [2.45, 2.75) is 0 Å². The van der Waals surface area contributed by atoms with Gasteiger partial charge in [-0.15, -0.1) is 0 Å². The van der Waals surface area contributed by atoms with Crippen molar-refractivity contribution in [1.82, 2.24) is 0 Å². The molecule has 1 aromatic rings. The lowest BCUT2D eigenvalue weighted by molar-refractivity contribution is 1.44. The van der Waals surface area contributed by atoms with E-state index in [-0.39, 0.29) is 33.4 Å². The first-order valence-electron chi connectivity index (χ1n) is 4.50. The minimum Gasteiger partial charge on any atom is -0.369 e. The van der Waals surface area contributed by atoms with Gasteiger partial charge in [-0.25, -0.2) is 0 Å². The lowest BCUT2D eigenvalue weighted by Crippen LogP contribution is -2.03. The summed E-state index contributed by atoms with van der Waals surface area (Å²) in [5.41, 5.74) is -0.0639. The second-order valence-corrected chi connectivity index (χ2v) is 3.00. The second kappa shape index (κ2) is 5.07. The van der Waals surface area contributed by atoms with Crippen molar-refractivity contribution in [3.63, 3.8) is 0 Å². The maximum Gasteiger partial charge on any atom is -0.302 e. The van der Waals surface area contributed by atoms with E-state index in [4.69, 9.17) is 38.5 Å². The van der Waals surface area contributed by atoms with Gasteiger partial charge in [-0.3, -0.25) is 0 Å². The zero-order valence-corrected chi connectivity index (χ0v) is 9.00. The monoisotopic (exact) mass is 216 g/mol. The summed E-state index contributed by atoms with van der Waals surface area (Å²) in [5.74, 6) is 12.1. The Morgan fingerprint density at radius 1 is 0.333 bits per heavy atom. The third kappa shape index (κ3) is 1.59. The molecule has 0 aliphatic heterocycles. The highest BCUT2D eigenvalue weighted by atomic mass is 14.2. The normalized spacial score (nSPS) is 7.67. The molecule has 1 rings (SSSR count). The topological polar surface area (TPSA) is 0 Å². The molecule has 18 heavy (non-hydrogen) atoms. The van der Waals surface area contributed by atoms with Crippen LogP contribution in [0.3, 0.4) is 0 Å². The third-order valence-electron chi connectivity index (χ3n) is 2.25. The molecule has 0 amide bonds. The molecule has 0 saturated carbocycles. The smallest absolute Gasteiger partial charge is 0.302 e. The van der Waals surface area contributed by atoms with Gasteiger partial charge in [-0.2, -0.15) is 0 Å². The Labute approximate surface area is 108 Å². The number of rotatable bonds is 0. The molecule has 0 spiro atoms. The SMILES string of the molecule is [C-]#Cc1c(C#[C-])c(C#[C-])c(C#[C-])c(C#[C-])c1C#[C-]. The van der Waals surface area contributed by atoms with Gasteiger partial charge in [0.05, 0.1) is 0 Å². The van der Waals surface area contributed by atoms with Crippen molar-refractivity contribution >= 4 is 0 Å². The fraction of sp³-hybridized carbons (Fsp3) is 0. The summed E-state index contributed by atoms with van der Waals surface area (Å²) in [4.78, 5) is 0.